The first-order valence-electron chi connectivity index (χ1n) is 6.72. The second-order valence-corrected chi connectivity index (χ2v) is 5.13. The van der Waals surface area contributed by atoms with Crippen molar-refractivity contribution in [3.8, 4) is 5.75 Å². The molecule has 0 amide bonds. The SMILES string of the molecule is COc1ccccc1C(C)(C(=O)O)N1CCCCC1. The number of benzene rings is 1. The number of carboxylic acid groups (broad SMARTS) is 1. The van der Waals surface area contributed by atoms with Crippen LogP contribution in [0.1, 0.15) is 31.7 Å². The zero-order valence-corrected chi connectivity index (χ0v) is 11.6. The Hall–Kier alpha value is -1.55. The summed E-state index contributed by atoms with van der Waals surface area (Å²) in [6.07, 6.45) is 3.29. The fourth-order valence-corrected chi connectivity index (χ4v) is 2.81. The highest BCUT2D eigenvalue weighted by Gasteiger charge is 2.43. The summed E-state index contributed by atoms with van der Waals surface area (Å²) in [6.45, 7) is 3.42. The predicted molar refractivity (Wildman–Crippen MR) is 73.4 cm³/mol. The van der Waals surface area contributed by atoms with Crippen molar-refractivity contribution in [3.05, 3.63) is 29.8 Å². The van der Waals surface area contributed by atoms with E-state index >= 15 is 0 Å². The molecule has 1 fully saturated rings. The summed E-state index contributed by atoms with van der Waals surface area (Å²) >= 11 is 0. The van der Waals surface area contributed by atoms with E-state index in [4.69, 9.17) is 4.74 Å². The molecule has 19 heavy (non-hydrogen) atoms. The molecule has 1 aromatic carbocycles. The summed E-state index contributed by atoms with van der Waals surface area (Å²) in [7, 11) is 1.58. The maximum atomic E-state index is 11.9. The molecule has 1 aliphatic rings. The van der Waals surface area contributed by atoms with Crippen molar-refractivity contribution < 1.29 is 14.6 Å². The molecule has 1 saturated heterocycles. The van der Waals surface area contributed by atoms with Crippen molar-refractivity contribution in [1.29, 1.82) is 0 Å². The normalized spacial score (nSPS) is 19.7. The molecule has 0 aromatic heterocycles. The van der Waals surface area contributed by atoms with Crippen LogP contribution < -0.4 is 4.74 Å². The lowest BCUT2D eigenvalue weighted by Crippen LogP contribution is -2.52. The second-order valence-electron chi connectivity index (χ2n) is 5.13. The van der Waals surface area contributed by atoms with Crippen molar-refractivity contribution in [1.82, 2.24) is 4.90 Å². The Morgan fingerprint density at radius 2 is 1.89 bits per heavy atom. The smallest absolute Gasteiger partial charge is 0.328 e. The van der Waals surface area contributed by atoms with Crippen LogP contribution in [0.25, 0.3) is 0 Å². The Labute approximate surface area is 114 Å². The molecule has 104 valence electrons. The van der Waals surface area contributed by atoms with E-state index in [2.05, 4.69) is 4.90 Å². The highest BCUT2D eigenvalue weighted by molar-refractivity contribution is 5.81. The van der Waals surface area contributed by atoms with Gasteiger partial charge in [0.25, 0.3) is 0 Å². The monoisotopic (exact) mass is 263 g/mol. The first kappa shape index (κ1) is 13.9. The lowest BCUT2D eigenvalue weighted by Gasteiger charge is -2.41. The molecule has 0 bridgehead atoms. The second kappa shape index (κ2) is 5.61. The third kappa shape index (κ3) is 2.45. The van der Waals surface area contributed by atoms with E-state index in [1.54, 1.807) is 14.0 Å². The molecule has 4 nitrogen and oxygen atoms in total. The molecule has 1 atom stereocenters. The number of hydrogen-bond donors (Lipinski definition) is 1. The van der Waals surface area contributed by atoms with Crippen LogP contribution in [0, 0.1) is 0 Å². The summed E-state index contributed by atoms with van der Waals surface area (Å²) in [4.78, 5) is 13.9. The molecular formula is C15H21NO3. The minimum Gasteiger partial charge on any atom is -0.496 e. The van der Waals surface area contributed by atoms with E-state index in [1.165, 1.54) is 6.42 Å². The standard InChI is InChI=1S/C15H21NO3/c1-15(14(17)18,16-10-6-3-7-11-16)12-8-4-5-9-13(12)19-2/h4-5,8-9H,3,6-7,10-11H2,1-2H3,(H,17,18). The molecule has 1 N–H and O–H groups in total. The zero-order valence-electron chi connectivity index (χ0n) is 11.6. The molecule has 0 saturated carbocycles. The van der Waals surface area contributed by atoms with Crippen molar-refractivity contribution in [2.45, 2.75) is 31.7 Å². The summed E-state index contributed by atoms with van der Waals surface area (Å²) in [6, 6.07) is 7.39. The van der Waals surface area contributed by atoms with Gasteiger partial charge >= 0.3 is 5.97 Å². The molecule has 0 aliphatic carbocycles. The number of methoxy groups -OCH3 is 1. The Morgan fingerprint density at radius 1 is 1.26 bits per heavy atom. The fraction of sp³-hybridized carbons (Fsp3) is 0.533. The molecule has 4 heteroatoms. The molecule has 2 rings (SSSR count). The number of para-hydroxylation sites is 1. The van der Waals surface area contributed by atoms with Gasteiger partial charge in [-0.2, -0.15) is 0 Å². The summed E-state index contributed by atoms with van der Waals surface area (Å²) in [5.41, 5.74) is -0.292. The molecule has 0 spiro atoms. The predicted octanol–water partition coefficient (Wildman–Crippen LogP) is 2.48. The Kier molecular flexibility index (Phi) is 4.10. The van der Waals surface area contributed by atoms with Crippen LogP contribution in [0.2, 0.25) is 0 Å². The van der Waals surface area contributed by atoms with Gasteiger partial charge in [0.2, 0.25) is 0 Å². The van der Waals surface area contributed by atoms with E-state index in [0.29, 0.717) is 5.75 Å². The average Bonchev–Trinajstić information content (AvgIpc) is 2.47. The highest BCUT2D eigenvalue weighted by Crippen LogP contribution is 2.36. The van der Waals surface area contributed by atoms with E-state index < -0.39 is 11.5 Å². The van der Waals surface area contributed by atoms with Crippen molar-refractivity contribution in [2.75, 3.05) is 20.2 Å². The molecule has 1 heterocycles. The number of hydrogen-bond acceptors (Lipinski definition) is 3. The van der Waals surface area contributed by atoms with Gasteiger partial charge in [-0.1, -0.05) is 24.6 Å². The number of carbonyl (C=O) groups is 1. The highest BCUT2D eigenvalue weighted by atomic mass is 16.5. The van der Waals surface area contributed by atoms with Crippen molar-refractivity contribution in [3.63, 3.8) is 0 Å². The van der Waals surface area contributed by atoms with Crippen LogP contribution in [-0.2, 0) is 10.3 Å². The van der Waals surface area contributed by atoms with Gasteiger partial charge in [-0.15, -0.1) is 0 Å². The first-order chi connectivity index (χ1) is 9.10. The van der Waals surface area contributed by atoms with Gasteiger partial charge in [-0.25, -0.2) is 4.79 Å². The Bertz CT molecular complexity index is 454. The number of likely N-dealkylation sites (tertiary alicyclic amines) is 1. The minimum atomic E-state index is -1.02. The van der Waals surface area contributed by atoms with Crippen LogP contribution in [0.4, 0.5) is 0 Å². The van der Waals surface area contributed by atoms with Crippen LogP contribution in [0.15, 0.2) is 24.3 Å². The number of rotatable bonds is 4. The molecule has 1 aromatic rings. The largest absolute Gasteiger partial charge is 0.496 e. The van der Waals surface area contributed by atoms with Crippen molar-refractivity contribution >= 4 is 5.97 Å². The van der Waals surface area contributed by atoms with E-state index in [9.17, 15) is 9.90 Å². The van der Waals surface area contributed by atoms with Crippen LogP contribution in [-0.4, -0.2) is 36.2 Å². The number of piperidine rings is 1. The van der Waals surface area contributed by atoms with Gasteiger partial charge in [-0.05, 0) is 38.9 Å². The molecule has 1 unspecified atom stereocenters. The first-order valence-corrected chi connectivity index (χ1v) is 6.72. The van der Waals surface area contributed by atoms with E-state index in [-0.39, 0.29) is 0 Å². The maximum absolute atomic E-state index is 11.9. The quantitative estimate of drug-likeness (QED) is 0.906. The number of ether oxygens (including phenoxy) is 1. The maximum Gasteiger partial charge on any atom is 0.328 e. The minimum absolute atomic E-state index is 0.637. The topological polar surface area (TPSA) is 49.8 Å². The number of nitrogens with zero attached hydrogens (tertiary/aromatic N) is 1. The molecule has 0 radical (unpaired) electrons. The average molecular weight is 263 g/mol. The third-order valence-corrected chi connectivity index (χ3v) is 4.04. The van der Waals surface area contributed by atoms with Gasteiger partial charge in [-0.3, -0.25) is 4.90 Å². The van der Waals surface area contributed by atoms with Gasteiger partial charge in [0.1, 0.15) is 11.3 Å². The Morgan fingerprint density at radius 3 is 2.47 bits per heavy atom. The van der Waals surface area contributed by atoms with E-state index in [1.807, 2.05) is 24.3 Å². The number of aliphatic carboxylic acids is 1. The van der Waals surface area contributed by atoms with Crippen LogP contribution >= 0.6 is 0 Å². The van der Waals surface area contributed by atoms with Crippen molar-refractivity contribution in [2.24, 2.45) is 0 Å². The lowest BCUT2D eigenvalue weighted by atomic mass is 9.87. The van der Waals surface area contributed by atoms with Gasteiger partial charge in [0.15, 0.2) is 0 Å². The fourth-order valence-electron chi connectivity index (χ4n) is 2.81. The van der Waals surface area contributed by atoms with Gasteiger partial charge in [0, 0.05) is 5.56 Å². The van der Waals surface area contributed by atoms with Crippen LogP contribution in [0.3, 0.4) is 0 Å². The van der Waals surface area contributed by atoms with Crippen LogP contribution in [0.5, 0.6) is 5.75 Å². The summed E-state index contributed by atoms with van der Waals surface area (Å²) in [5, 5.41) is 9.76. The zero-order chi connectivity index (χ0) is 13.9. The molecular weight excluding hydrogens is 242 g/mol. The van der Waals surface area contributed by atoms with Gasteiger partial charge in [0.05, 0.1) is 7.11 Å². The van der Waals surface area contributed by atoms with E-state index in [0.717, 1.165) is 31.5 Å². The Balaban J connectivity index is 2.46. The van der Waals surface area contributed by atoms with Gasteiger partial charge < -0.3 is 9.84 Å². The summed E-state index contributed by atoms with van der Waals surface area (Å²) < 4.78 is 5.34. The third-order valence-electron chi connectivity index (χ3n) is 4.04. The number of carboxylic acids is 1. The summed E-state index contributed by atoms with van der Waals surface area (Å²) in [5.74, 6) is -0.183. The molecule has 1 aliphatic heterocycles. The lowest BCUT2D eigenvalue weighted by molar-refractivity contribution is -0.152.